The van der Waals surface area contributed by atoms with Gasteiger partial charge in [-0.2, -0.15) is 0 Å². The standard InChI is InChI=1S/C35H28O11/c1-18(21-8-9-23-15-25(42-4)11-10-22(23)14-21)34(40)43-12-13-44-35(41)24-16-27-31(29(17-24)46-20(3)37)33(39)30-26(32(27)38)6-5-7-28(30)45-19(2)36/h5-11,14-18H,12-13H2,1-4H3. The van der Waals surface area contributed by atoms with Gasteiger partial charge in [-0.05, 0) is 53.6 Å². The Hall–Kier alpha value is -5.84. The Morgan fingerprint density at radius 1 is 0.696 bits per heavy atom. The van der Waals surface area contributed by atoms with Crippen molar-refractivity contribution in [2.45, 2.75) is 26.7 Å². The van der Waals surface area contributed by atoms with Crippen LogP contribution in [0.5, 0.6) is 17.2 Å². The fraction of sp³-hybridized carbons (Fsp3) is 0.200. The number of fused-ring (bicyclic) bond motifs is 3. The van der Waals surface area contributed by atoms with E-state index < -0.39 is 41.4 Å². The summed E-state index contributed by atoms with van der Waals surface area (Å²) in [5.74, 6) is -4.67. The summed E-state index contributed by atoms with van der Waals surface area (Å²) < 4.78 is 26.2. The largest absolute Gasteiger partial charge is 0.497 e. The molecule has 5 rings (SSSR count). The molecule has 0 saturated carbocycles. The zero-order valence-electron chi connectivity index (χ0n) is 25.3. The van der Waals surface area contributed by atoms with Gasteiger partial charge in [0.25, 0.3) is 0 Å². The van der Waals surface area contributed by atoms with Gasteiger partial charge >= 0.3 is 23.9 Å². The molecular weight excluding hydrogens is 596 g/mol. The van der Waals surface area contributed by atoms with Crippen molar-refractivity contribution in [3.05, 3.63) is 100 Å². The molecule has 11 nitrogen and oxygen atoms in total. The first-order valence-electron chi connectivity index (χ1n) is 14.2. The minimum absolute atomic E-state index is 0.0530. The molecular formula is C35H28O11. The van der Waals surface area contributed by atoms with Gasteiger partial charge in [-0.3, -0.25) is 24.0 Å². The number of methoxy groups -OCH3 is 1. The first kappa shape index (κ1) is 31.6. The number of hydrogen-bond donors (Lipinski definition) is 0. The third-order valence-electron chi connectivity index (χ3n) is 7.30. The number of hydrogen-bond acceptors (Lipinski definition) is 11. The van der Waals surface area contributed by atoms with Crippen LogP contribution in [0.3, 0.4) is 0 Å². The Morgan fingerprint density at radius 2 is 1.35 bits per heavy atom. The van der Waals surface area contributed by atoms with Crippen molar-refractivity contribution >= 4 is 46.2 Å². The van der Waals surface area contributed by atoms with E-state index >= 15 is 0 Å². The molecule has 0 saturated heterocycles. The summed E-state index contributed by atoms with van der Waals surface area (Å²) in [7, 11) is 1.59. The predicted octanol–water partition coefficient (Wildman–Crippen LogP) is 4.98. The Labute approximate surface area is 263 Å². The van der Waals surface area contributed by atoms with E-state index in [0.717, 1.165) is 48.1 Å². The van der Waals surface area contributed by atoms with Crippen molar-refractivity contribution in [3.63, 3.8) is 0 Å². The van der Waals surface area contributed by atoms with Crippen LogP contribution in [0.2, 0.25) is 0 Å². The molecule has 1 aliphatic carbocycles. The van der Waals surface area contributed by atoms with Crippen LogP contribution < -0.4 is 14.2 Å². The second-order valence-corrected chi connectivity index (χ2v) is 10.4. The van der Waals surface area contributed by atoms with Gasteiger partial charge in [0.05, 0.1) is 29.7 Å². The van der Waals surface area contributed by atoms with Gasteiger partial charge in [0, 0.05) is 25.0 Å². The van der Waals surface area contributed by atoms with Gasteiger partial charge in [-0.1, -0.05) is 36.4 Å². The fourth-order valence-corrected chi connectivity index (χ4v) is 5.11. The number of carbonyl (C=O) groups excluding carboxylic acids is 6. The lowest BCUT2D eigenvalue weighted by Gasteiger charge is -2.22. The molecule has 0 bridgehead atoms. The highest BCUT2D eigenvalue weighted by Gasteiger charge is 2.37. The van der Waals surface area contributed by atoms with Crippen LogP contribution >= 0.6 is 0 Å². The lowest BCUT2D eigenvalue weighted by molar-refractivity contribution is -0.146. The van der Waals surface area contributed by atoms with E-state index in [9.17, 15) is 28.8 Å². The minimum Gasteiger partial charge on any atom is -0.497 e. The van der Waals surface area contributed by atoms with Crippen molar-refractivity contribution in [3.8, 4) is 17.2 Å². The summed E-state index contributed by atoms with van der Waals surface area (Å²) in [5.41, 5.74) is -0.117. The molecule has 11 heteroatoms. The molecule has 0 heterocycles. The van der Waals surface area contributed by atoms with Crippen LogP contribution in [0.1, 0.15) is 74.5 Å². The Balaban J connectivity index is 1.29. The van der Waals surface area contributed by atoms with E-state index in [1.807, 2.05) is 36.4 Å². The highest BCUT2D eigenvalue weighted by Crippen LogP contribution is 2.38. The maximum atomic E-state index is 13.6. The van der Waals surface area contributed by atoms with Crippen LogP contribution in [-0.2, 0) is 23.9 Å². The van der Waals surface area contributed by atoms with Crippen molar-refractivity contribution in [2.75, 3.05) is 20.3 Å². The smallest absolute Gasteiger partial charge is 0.338 e. The third-order valence-corrected chi connectivity index (χ3v) is 7.30. The minimum atomic E-state index is -0.912. The van der Waals surface area contributed by atoms with Crippen molar-refractivity contribution in [1.82, 2.24) is 0 Å². The summed E-state index contributed by atoms with van der Waals surface area (Å²) in [5, 5.41) is 1.88. The summed E-state index contributed by atoms with van der Waals surface area (Å²) in [6, 6.07) is 17.7. The molecule has 234 valence electrons. The van der Waals surface area contributed by atoms with Crippen LogP contribution in [-0.4, -0.2) is 55.8 Å². The molecule has 4 aromatic rings. The molecule has 1 atom stereocenters. The zero-order valence-corrected chi connectivity index (χ0v) is 25.3. The molecule has 0 spiro atoms. The molecule has 0 N–H and O–H groups in total. The summed E-state index contributed by atoms with van der Waals surface area (Å²) in [6.45, 7) is 3.39. The van der Waals surface area contributed by atoms with E-state index in [2.05, 4.69) is 0 Å². The lowest BCUT2D eigenvalue weighted by Crippen LogP contribution is -2.25. The van der Waals surface area contributed by atoms with Crippen LogP contribution in [0.15, 0.2) is 66.7 Å². The van der Waals surface area contributed by atoms with Crippen molar-refractivity contribution in [1.29, 1.82) is 0 Å². The lowest BCUT2D eigenvalue weighted by atomic mass is 9.82. The zero-order chi connectivity index (χ0) is 33.1. The topological polar surface area (TPSA) is 149 Å². The van der Waals surface area contributed by atoms with E-state index in [0.29, 0.717) is 0 Å². The molecule has 1 aliphatic rings. The number of ether oxygens (including phenoxy) is 5. The molecule has 0 amide bonds. The molecule has 46 heavy (non-hydrogen) atoms. The Bertz CT molecular complexity index is 1940. The maximum Gasteiger partial charge on any atom is 0.338 e. The second-order valence-electron chi connectivity index (χ2n) is 10.4. The first-order chi connectivity index (χ1) is 22.0. The first-order valence-corrected chi connectivity index (χ1v) is 14.2. The van der Waals surface area contributed by atoms with Crippen LogP contribution in [0.4, 0.5) is 0 Å². The van der Waals surface area contributed by atoms with Gasteiger partial charge in [0.2, 0.25) is 5.78 Å². The van der Waals surface area contributed by atoms with Gasteiger partial charge in [-0.15, -0.1) is 0 Å². The Kier molecular flexibility index (Phi) is 8.94. The molecule has 0 radical (unpaired) electrons. The average Bonchev–Trinajstić information content (AvgIpc) is 3.03. The summed E-state index contributed by atoms with van der Waals surface area (Å²) in [4.78, 5) is 76.2. The number of esters is 4. The normalized spacial score (nSPS) is 12.4. The number of rotatable bonds is 9. The van der Waals surface area contributed by atoms with Crippen molar-refractivity contribution < 1.29 is 52.5 Å². The molecule has 0 fully saturated rings. The van der Waals surface area contributed by atoms with Gasteiger partial charge in [0.15, 0.2) is 5.78 Å². The Morgan fingerprint density at radius 3 is 2.07 bits per heavy atom. The molecule has 0 aliphatic heterocycles. The highest BCUT2D eigenvalue weighted by molar-refractivity contribution is 6.30. The average molecular weight is 625 g/mol. The number of benzene rings is 4. The third kappa shape index (κ3) is 6.34. The fourth-order valence-electron chi connectivity index (χ4n) is 5.11. The van der Waals surface area contributed by atoms with Crippen LogP contribution in [0, 0.1) is 0 Å². The SMILES string of the molecule is COc1ccc2cc(C(C)C(=O)OCCOC(=O)c3cc(OC(C)=O)c4c(c3)C(=O)c3cccc(OC(C)=O)c3C4=O)ccc2c1. The second kappa shape index (κ2) is 13.0. The summed E-state index contributed by atoms with van der Waals surface area (Å²) >= 11 is 0. The highest BCUT2D eigenvalue weighted by atomic mass is 16.6. The van der Waals surface area contributed by atoms with Gasteiger partial charge in [-0.25, -0.2) is 4.79 Å². The van der Waals surface area contributed by atoms with Crippen LogP contribution in [0.25, 0.3) is 10.8 Å². The van der Waals surface area contributed by atoms with E-state index in [4.69, 9.17) is 23.7 Å². The van der Waals surface area contributed by atoms with Gasteiger partial charge < -0.3 is 23.7 Å². The molecule has 1 unspecified atom stereocenters. The van der Waals surface area contributed by atoms with Crippen molar-refractivity contribution in [2.24, 2.45) is 0 Å². The number of ketones is 2. The number of carbonyl (C=O) groups is 6. The summed E-state index contributed by atoms with van der Waals surface area (Å²) in [6.07, 6.45) is 0. The predicted molar refractivity (Wildman–Crippen MR) is 163 cm³/mol. The van der Waals surface area contributed by atoms with Gasteiger partial charge in [0.1, 0.15) is 30.5 Å². The molecule has 0 aromatic heterocycles. The van der Waals surface area contributed by atoms with E-state index in [1.54, 1.807) is 14.0 Å². The quantitative estimate of drug-likeness (QED) is 0.124. The maximum absolute atomic E-state index is 13.6. The molecule has 4 aromatic carbocycles. The van der Waals surface area contributed by atoms with E-state index in [-0.39, 0.29) is 52.5 Å². The van der Waals surface area contributed by atoms with E-state index in [1.165, 1.54) is 18.2 Å². The monoisotopic (exact) mass is 624 g/mol.